The number of methoxy groups -OCH3 is 1. The Morgan fingerprint density at radius 3 is 2.49 bits per heavy atom. The molecular weight excluding hydrogens is 541 g/mol. The van der Waals surface area contributed by atoms with Crippen molar-refractivity contribution in [3.8, 4) is 17.0 Å². The van der Waals surface area contributed by atoms with Gasteiger partial charge in [0.05, 0.1) is 32.1 Å². The lowest BCUT2D eigenvalue weighted by Gasteiger charge is -2.41. The Labute approximate surface area is 235 Å². The van der Waals surface area contributed by atoms with Gasteiger partial charge in [-0.2, -0.15) is 5.10 Å². The average Bonchev–Trinajstić information content (AvgIpc) is 3.40. The molecule has 4 heterocycles. The van der Waals surface area contributed by atoms with Gasteiger partial charge in [0.15, 0.2) is 0 Å². The van der Waals surface area contributed by atoms with Crippen molar-refractivity contribution in [2.24, 2.45) is 0 Å². The van der Waals surface area contributed by atoms with Crippen LogP contribution in [-0.4, -0.2) is 90.1 Å². The molecule has 41 heavy (non-hydrogen) atoms. The van der Waals surface area contributed by atoms with Crippen molar-refractivity contribution in [3.63, 3.8) is 0 Å². The summed E-state index contributed by atoms with van der Waals surface area (Å²) in [4.78, 5) is 21.3. The van der Waals surface area contributed by atoms with E-state index < -0.39 is 6.36 Å². The number of aromatic nitrogens is 3. The first-order chi connectivity index (χ1) is 19.7. The minimum Gasteiger partial charge on any atom is -0.406 e. The van der Waals surface area contributed by atoms with E-state index in [9.17, 15) is 18.0 Å². The van der Waals surface area contributed by atoms with E-state index in [0.717, 1.165) is 22.5 Å². The normalized spacial score (nSPS) is 19.8. The minimum atomic E-state index is -4.77. The van der Waals surface area contributed by atoms with Gasteiger partial charge in [-0.25, -0.2) is 9.78 Å². The van der Waals surface area contributed by atoms with Crippen LogP contribution in [0.3, 0.4) is 0 Å². The Morgan fingerprint density at radius 2 is 1.80 bits per heavy atom. The number of morpholine rings is 1. The zero-order valence-electron chi connectivity index (χ0n) is 22.7. The van der Waals surface area contributed by atoms with E-state index in [1.165, 1.54) is 12.1 Å². The van der Waals surface area contributed by atoms with Crippen LogP contribution in [0.4, 0.5) is 23.8 Å². The minimum absolute atomic E-state index is 0.0786. The van der Waals surface area contributed by atoms with Crippen LogP contribution in [0.2, 0.25) is 0 Å². The van der Waals surface area contributed by atoms with E-state index >= 15 is 0 Å². The lowest BCUT2D eigenvalue weighted by atomic mass is 9.83. The molecule has 2 N–H and O–H groups in total. The third-order valence-electron chi connectivity index (χ3n) is 7.40. The van der Waals surface area contributed by atoms with E-state index in [1.807, 2.05) is 21.7 Å². The van der Waals surface area contributed by atoms with Gasteiger partial charge in [-0.3, -0.25) is 4.68 Å². The molecule has 0 radical (unpaired) electrons. The maximum absolute atomic E-state index is 13.6. The lowest BCUT2D eigenvalue weighted by molar-refractivity contribution is -0.274. The number of pyridine rings is 1. The SMILES string of the molecule is COCCn1nc(-c2ccnc(N)c2)cc1C1CC(c2ccc(OC(F)(F)F)cc2)CN(C(=O)N2CCOCC2)C1. The topological polar surface area (TPSA) is 108 Å². The molecule has 0 saturated carbocycles. The molecule has 220 valence electrons. The summed E-state index contributed by atoms with van der Waals surface area (Å²) in [6.45, 7) is 3.84. The number of anilines is 1. The predicted octanol–water partition coefficient (Wildman–Crippen LogP) is 4.10. The molecule has 2 aromatic heterocycles. The second-order valence-corrected chi connectivity index (χ2v) is 10.2. The number of piperidine rings is 1. The smallest absolute Gasteiger partial charge is 0.406 e. The van der Waals surface area contributed by atoms with Crippen LogP contribution in [0.15, 0.2) is 48.7 Å². The number of alkyl halides is 3. The molecule has 13 heteroatoms. The zero-order chi connectivity index (χ0) is 29.0. The molecular formula is C28H33F3N6O4. The number of likely N-dealkylation sites (tertiary alicyclic amines) is 1. The highest BCUT2D eigenvalue weighted by Gasteiger charge is 2.36. The number of hydrogen-bond acceptors (Lipinski definition) is 7. The van der Waals surface area contributed by atoms with Crippen molar-refractivity contribution in [1.82, 2.24) is 24.6 Å². The van der Waals surface area contributed by atoms with Crippen LogP contribution >= 0.6 is 0 Å². The van der Waals surface area contributed by atoms with Gasteiger partial charge in [0.2, 0.25) is 0 Å². The molecule has 2 aliphatic rings. The number of urea groups is 1. The fourth-order valence-electron chi connectivity index (χ4n) is 5.47. The molecule has 10 nitrogen and oxygen atoms in total. The van der Waals surface area contributed by atoms with Crippen LogP contribution < -0.4 is 10.5 Å². The maximum Gasteiger partial charge on any atom is 0.573 e. The molecule has 3 aromatic rings. The van der Waals surface area contributed by atoms with Crippen LogP contribution in [0, 0.1) is 0 Å². The Balaban J connectivity index is 1.47. The van der Waals surface area contributed by atoms with E-state index in [-0.39, 0.29) is 23.6 Å². The Bertz CT molecular complexity index is 1330. The molecule has 2 atom stereocenters. The molecule has 2 aliphatic heterocycles. The van der Waals surface area contributed by atoms with Gasteiger partial charge in [0.1, 0.15) is 11.6 Å². The second-order valence-electron chi connectivity index (χ2n) is 10.2. The molecule has 0 aliphatic carbocycles. The molecule has 0 bridgehead atoms. The van der Waals surface area contributed by atoms with Crippen molar-refractivity contribution in [2.45, 2.75) is 31.2 Å². The molecule has 2 fully saturated rings. The van der Waals surface area contributed by atoms with E-state index in [1.54, 1.807) is 36.4 Å². The maximum atomic E-state index is 13.6. The first-order valence-corrected chi connectivity index (χ1v) is 13.5. The quantitative estimate of drug-likeness (QED) is 0.453. The summed E-state index contributed by atoms with van der Waals surface area (Å²) in [5.74, 6) is -0.117. The fourth-order valence-corrected chi connectivity index (χ4v) is 5.47. The number of ether oxygens (including phenoxy) is 3. The number of rotatable bonds is 7. The first-order valence-electron chi connectivity index (χ1n) is 13.5. The van der Waals surface area contributed by atoms with Crippen molar-refractivity contribution in [1.29, 1.82) is 0 Å². The summed E-state index contributed by atoms with van der Waals surface area (Å²) in [6, 6.07) is 11.4. The summed E-state index contributed by atoms with van der Waals surface area (Å²) < 4.78 is 54.9. The third kappa shape index (κ3) is 7.09. The van der Waals surface area contributed by atoms with Crippen molar-refractivity contribution >= 4 is 11.8 Å². The summed E-state index contributed by atoms with van der Waals surface area (Å²) in [7, 11) is 1.62. The monoisotopic (exact) mass is 574 g/mol. The summed E-state index contributed by atoms with van der Waals surface area (Å²) in [6.07, 6.45) is -2.47. The summed E-state index contributed by atoms with van der Waals surface area (Å²) in [5.41, 5.74) is 9.24. The Hall–Kier alpha value is -3.84. The second kappa shape index (κ2) is 12.4. The molecule has 2 saturated heterocycles. The molecule has 5 rings (SSSR count). The highest BCUT2D eigenvalue weighted by molar-refractivity contribution is 5.75. The summed E-state index contributed by atoms with van der Waals surface area (Å²) >= 11 is 0. The van der Waals surface area contributed by atoms with Crippen molar-refractivity contribution in [3.05, 3.63) is 59.9 Å². The first kappa shape index (κ1) is 28.7. The number of carbonyl (C=O) groups is 1. The van der Waals surface area contributed by atoms with Crippen LogP contribution in [0.1, 0.15) is 29.5 Å². The van der Waals surface area contributed by atoms with Crippen LogP contribution in [0.5, 0.6) is 5.75 Å². The van der Waals surface area contributed by atoms with Crippen molar-refractivity contribution in [2.75, 3.05) is 58.8 Å². The summed E-state index contributed by atoms with van der Waals surface area (Å²) in [5, 5.41) is 4.84. The number of halogens is 3. The third-order valence-corrected chi connectivity index (χ3v) is 7.40. The Kier molecular flexibility index (Phi) is 8.64. The number of benzene rings is 1. The zero-order valence-corrected chi connectivity index (χ0v) is 22.7. The van der Waals surface area contributed by atoms with Crippen LogP contribution in [0.25, 0.3) is 11.3 Å². The van der Waals surface area contributed by atoms with Gasteiger partial charge in [-0.05, 0) is 42.3 Å². The number of amides is 2. The van der Waals surface area contributed by atoms with E-state index in [0.29, 0.717) is 64.8 Å². The van der Waals surface area contributed by atoms with Gasteiger partial charge >= 0.3 is 12.4 Å². The largest absolute Gasteiger partial charge is 0.573 e. The standard InChI is InChI=1S/C28H33F3N6O4/c1-39-11-10-37-25(16-24(34-37)20-6-7-33-26(32)15-20)22-14-21(19-2-4-23(5-3-19)41-28(29,30)31)17-36(18-22)27(38)35-8-12-40-13-9-35/h2-7,15-16,21-22H,8-14,17-18H2,1H3,(H2,32,33). The number of carbonyl (C=O) groups excluding carboxylic acids is 1. The number of nitrogens with two attached hydrogens (primary N) is 1. The van der Waals surface area contributed by atoms with Gasteiger partial charge in [-0.15, -0.1) is 13.2 Å². The molecule has 0 spiro atoms. The molecule has 2 unspecified atom stereocenters. The average molecular weight is 575 g/mol. The van der Waals surface area contributed by atoms with Gasteiger partial charge < -0.3 is 29.7 Å². The number of hydrogen-bond donors (Lipinski definition) is 1. The van der Waals surface area contributed by atoms with Gasteiger partial charge in [0.25, 0.3) is 0 Å². The number of nitrogens with zero attached hydrogens (tertiary/aromatic N) is 5. The lowest BCUT2D eigenvalue weighted by Crippen LogP contribution is -2.52. The highest BCUT2D eigenvalue weighted by atomic mass is 19.4. The van der Waals surface area contributed by atoms with E-state index in [4.69, 9.17) is 20.3 Å². The van der Waals surface area contributed by atoms with E-state index in [2.05, 4.69) is 9.72 Å². The highest BCUT2D eigenvalue weighted by Crippen LogP contribution is 2.38. The van der Waals surface area contributed by atoms with Gasteiger partial charge in [0, 0.05) is 62.6 Å². The molecule has 1 aromatic carbocycles. The Morgan fingerprint density at radius 1 is 1.07 bits per heavy atom. The fraction of sp³-hybridized carbons (Fsp3) is 0.464. The molecule has 2 amide bonds. The van der Waals surface area contributed by atoms with Crippen molar-refractivity contribution < 1.29 is 32.2 Å². The number of nitrogen functional groups attached to an aromatic ring is 1. The predicted molar refractivity (Wildman–Crippen MR) is 144 cm³/mol. The van der Waals surface area contributed by atoms with Crippen LogP contribution in [-0.2, 0) is 16.0 Å². The van der Waals surface area contributed by atoms with Gasteiger partial charge in [-0.1, -0.05) is 12.1 Å².